The van der Waals surface area contributed by atoms with Gasteiger partial charge in [-0.2, -0.15) is 0 Å². The quantitative estimate of drug-likeness (QED) is 0.810. The summed E-state index contributed by atoms with van der Waals surface area (Å²) in [5.41, 5.74) is 2.83. The standard InChI is InChI=1S/C20H29N3O.2ClH/c1-15(16-5-4-6-17(13-16)23-11-2-3-12-23)22-19(24)18-14-20(18)7-9-21-10-8-20;;/h4-6,13,15,18,21H,2-3,7-12,14H2,1H3,(H,22,24);2*1H. The molecule has 3 aliphatic rings. The molecule has 2 saturated heterocycles. The van der Waals surface area contributed by atoms with Crippen LogP contribution in [-0.4, -0.2) is 32.1 Å². The molecule has 0 bridgehead atoms. The molecule has 146 valence electrons. The van der Waals surface area contributed by atoms with Crippen molar-refractivity contribution in [2.45, 2.75) is 45.1 Å². The topological polar surface area (TPSA) is 44.4 Å². The van der Waals surface area contributed by atoms with Crippen LogP contribution in [0.5, 0.6) is 0 Å². The number of halogens is 2. The Morgan fingerprint density at radius 2 is 1.92 bits per heavy atom. The van der Waals surface area contributed by atoms with E-state index in [9.17, 15) is 4.79 Å². The third-order valence-corrected chi connectivity index (χ3v) is 6.31. The third-order valence-electron chi connectivity index (χ3n) is 6.31. The van der Waals surface area contributed by atoms with Gasteiger partial charge in [-0.05, 0) is 75.2 Å². The number of rotatable bonds is 4. The smallest absolute Gasteiger partial charge is 0.224 e. The van der Waals surface area contributed by atoms with E-state index in [1.54, 1.807) is 0 Å². The van der Waals surface area contributed by atoms with Gasteiger partial charge in [-0.15, -0.1) is 24.8 Å². The fourth-order valence-corrected chi connectivity index (χ4v) is 4.56. The van der Waals surface area contributed by atoms with Crippen molar-refractivity contribution in [3.63, 3.8) is 0 Å². The fraction of sp³-hybridized carbons (Fsp3) is 0.650. The average molecular weight is 400 g/mol. The van der Waals surface area contributed by atoms with Crippen molar-refractivity contribution in [2.24, 2.45) is 11.3 Å². The highest BCUT2D eigenvalue weighted by Crippen LogP contribution is 2.58. The molecule has 1 saturated carbocycles. The molecule has 4 nitrogen and oxygen atoms in total. The highest BCUT2D eigenvalue weighted by Gasteiger charge is 2.57. The molecule has 2 atom stereocenters. The molecule has 4 rings (SSSR count). The first kappa shape index (κ1) is 21.3. The van der Waals surface area contributed by atoms with Crippen molar-refractivity contribution in [1.82, 2.24) is 10.6 Å². The number of carbonyl (C=O) groups excluding carboxylic acids is 1. The highest BCUT2D eigenvalue weighted by molar-refractivity contribution is 5.85. The number of anilines is 1. The molecule has 1 spiro atoms. The van der Waals surface area contributed by atoms with Crippen LogP contribution in [0.3, 0.4) is 0 Å². The Morgan fingerprint density at radius 3 is 2.62 bits per heavy atom. The van der Waals surface area contributed by atoms with Gasteiger partial charge in [0.1, 0.15) is 0 Å². The molecule has 6 heteroatoms. The Hall–Kier alpha value is -0.970. The fourth-order valence-electron chi connectivity index (χ4n) is 4.56. The minimum absolute atomic E-state index is 0. The summed E-state index contributed by atoms with van der Waals surface area (Å²) >= 11 is 0. The van der Waals surface area contributed by atoms with Crippen molar-refractivity contribution in [3.05, 3.63) is 29.8 Å². The Morgan fingerprint density at radius 1 is 1.23 bits per heavy atom. The van der Waals surface area contributed by atoms with Gasteiger partial charge in [0.05, 0.1) is 6.04 Å². The van der Waals surface area contributed by atoms with Crippen molar-refractivity contribution in [3.8, 4) is 0 Å². The monoisotopic (exact) mass is 399 g/mol. The second kappa shape index (κ2) is 8.81. The lowest BCUT2D eigenvalue weighted by molar-refractivity contribution is -0.123. The van der Waals surface area contributed by atoms with Gasteiger partial charge in [-0.25, -0.2) is 0 Å². The lowest BCUT2D eigenvalue weighted by Crippen LogP contribution is -2.34. The van der Waals surface area contributed by atoms with Gasteiger partial charge < -0.3 is 15.5 Å². The van der Waals surface area contributed by atoms with Crippen LogP contribution in [0.1, 0.15) is 50.6 Å². The van der Waals surface area contributed by atoms with E-state index < -0.39 is 0 Å². The first-order valence-electron chi connectivity index (χ1n) is 9.54. The van der Waals surface area contributed by atoms with Crippen LogP contribution >= 0.6 is 24.8 Å². The van der Waals surface area contributed by atoms with E-state index in [1.165, 1.54) is 24.1 Å². The molecule has 1 aliphatic carbocycles. The molecule has 2 unspecified atom stereocenters. The Kier molecular flexibility index (Phi) is 7.23. The molecule has 2 N–H and O–H groups in total. The summed E-state index contributed by atoms with van der Waals surface area (Å²) in [4.78, 5) is 15.1. The maximum atomic E-state index is 12.7. The summed E-state index contributed by atoms with van der Waals surface area (Å²) in [5, 5.41) is 6.67. The average Bonchev–Trinajstić information content (AvgIpc) is 3.05. The predicted octanol–water partition coefficient (Wildman–Crippen LogP) is 3.70. The number of nitrogens with zero attached hydrogens (tertiary/aromatic N) is 1. The van der Waals surface area contributed by atoms with E-state index in [0.29, 0.717) is 5.41 Å². The summed E-state index contributed by atoms with van der Waals surface area (Å²) in [5.74, 6) is 0.500. The van der Waals surface area contributed by atoms with Crippen LogP contribution in [0.15, 0.2) is 24.3 Å². The van der Waals surface area contributed by atoms with E-state index in [0.717, 1.165) is 45.4 Å². The van der Waals surface area contributed by atoms with Gasteiger partial charge in [0.15, 0.2) is 0 Å². The normalized spacial score (nSPS) is 24.3. The van der Waals surface area contributed by atoms with Gasteiger partial charge >= 0.3 is 0 Å². The predicted molar refractivity (Wildman–Crippen MR) is 112 cm³/mol. The van der Waals surface area contributed by atoms with Crippen LogP contribution in [0, 0.1) is 11.3 Å². The van der Waals surface area contributed by atoms with E-state index >= 15 is 0 Å². The zero-order valence-corrected chi connectivity index (χ0v) is 17.1. The summed E-state index contributed by atoms with van der Waals surface area (Å²) in [6.07, 6.45) is 5.97. The number of hydrogen-bond donors (Lipinski definition) is 2. The van der Waals surface area contributed by atoms with E-state index in [2.05, 4.69) is 46.7 Å². The SMILES string of the molecule is CC(NC(=O)C1CC12CCNCC2)c1cccc(N2CCCC2)c1.Cl.Cl. The van der Waals surface area contributed by atoms with Gasteiger partial charge in [-0.3, -0.25) is 4.79 Å². The maximum absolute atomic E-state index is 12.7. The van der Waals surface area contributed by atoms with E-state index in [-0.39, 0.29) is 42.7 Å². The molecule has 0 aromatic heterocycles. The molecule has 1 aromatic carbocycles. The van der Waals surface area contributed by atoms with Gasteiger partial charge in [-0.1, -0.05) is 12.1 Å². The number of hydrogen-bond acceptors (Lipinski definition) is 3. The lowest BCUT2D eigenvalue weighted by atomic mass is 9.91. The Balaban J connectivity index is 0.00000121. The van der Waals surface area contributed by atoms with Gasteiger partial charge in [0, 0.05) is 24.7 Å². The highest BCUT2D eigenvalue weighted by atomic mass is 35.5. The number of benzene rings is 1. The molecule has 2 heterocycles. The minimum Gasteiger partial charge on any atom is -0.372 e. The second-order valence-corrected chi connectivity index (χ2v) is 7.89. The number of piperidine rings is 1. The van der Waals surface area contributed by atoms with E-state index in [4.69, 9.17) is 0 Å². The number of carbonyl (C=O) groups is 1. The summed E-state index contributed by atoms with van der Waals surface area (Å²) < 4.78 is 0. The van der Waals surface area contributed by atoms with Crippen LogP contribution in [-0.2, 0) is 4.79 Å². The molecule has 3 fully saturated rings. The van der Waals surface area contributed by atoms with Crippen molar-refractivity contribution >= 4 is 36.4 Å². The first-order chi connectivity index (χ1) is 11.7. The van der Waals surface area contributed by atoms with Crippen LogP contribution in [0.25, 0.3) is 0 Å². The summed E-state index contributed by atoms with van der Waals surface area (Å²) in [6.45, 7) is 6.55. The molecule has 1 amide bonds. The lowest BCUT2D eigenvalue weighted by Gasteiger charge is -2.24. The number of amides is 1. The maximum Gasteiger partial charge on any atom is 0.224 e. The van der Waals surface area contributed by atoms with Gasteiger partial charge in [0.25, 0.3) is 0 Å². The molecule has 0 radical (unpaired) electrons. The molecular weight excluding hydrogens is 369 g/mol. The zero-order valence-electron chi connectivity index (χ0n) is 15.5. The van der Waals surface area contributed by atoms with Crippen molar-refractivity contribution < 1.29 is 4.79 Å². The summed E-state index contributed by atoms with van der Waals surface area (Å²) in [6, 6.07) is 8.78. The first-order valence-corrected chi connectivity index (χ1v) is 9.54. The molecule has 2 aliphatic heterocycles. The zero-order chi connectivity index (χ0) is 16.6. The van der Waals surface area contributed by atoms with Crippen LogP contribution in [0.2, 0.25) is 0 Å². The van der Waals surface area contributed by atoms with Gasteiger partial charge in [0.2, 0.25) is 5.91 Å². The second-order valence-electron chi connectivity index (χ2n) is 7.89. The molecular formula is C20H31Cl2N3O. The molecule has 1 aromatic rings. The summed E-state index contributed by atoms with van der Waals surface area (Å²) in [7, 11) is 0. The third kappa shape index (κ3) is 4.29. The van der Waals surface area contributed by atoms with E-state index in [1.807, 2.05) is 0 Å². The Bertz CT molecular complexity index is 613. The van der Waals surface area contributed by atoms with Crippen LogP contribution < -0.4 is 15.5 Å². The van der Waals surface area contributed by atoms with Crippen molar-refractivity contribution in [1.29, 1.82) is 0 Å². The minimum atomic E-state index is 0. The largest absolute Gasteiger partial charge is 0.372 e. The Labute approximate surface area is 169 Å². The van der Waals surface area contributed by atoms with Crippen LogP contribution in [0.4, 0.5) is 5.69 Å². The molecule has 26 heavy (non-hydrogen) atoms. The van der Waals surface area contributed by atoms with Crippen molar-refractivity contribution in [2.75, 3.05) is 31.1 Å². The number of nitrogens with one attached hydrogen (secondary N) is 2.